The first kappa shape index (κ1) is 20.2. The zero-order valence-corrected chi connectivity index (χ0v) is 16.9. The van der Waals surface area contributed by atoms with Gasteiger partial charge in [0.15, 0.2) is 6.10 Å². The third-order valence-corrected chi connectivity index (χ3v) is 6.23. The van der Waals surface area contributed by atoms with Gasteiger partial charge >= 0.3 is 0 Å². The molecule has 7 nitrogen and oxygen atoms in total. The number of anilines is 1. The minimum atomic E-state index is -3.81. The first-order chi connectivity index (χ1) is 13.4. The molecule has 0 aromatic heterocycles. The van der Waals surface area contributed by atoms with Crippen molar-refractivity contribution in [3.8, 4) is 5.75 Å². The summed E-state index contributed by atoms with van der Waals surface area (Å²) in [6.07, 6.45) is -0.110. The molecule has 150 valence electrons. The Hall–Kier alpha value is -2.58. The highest BCUT2D eigenvalue weighted by Gasteiger charge is 2.37. The molecule has 1 atom stereocenters. The molecular weight excluding hydrogens is 378 g/mol. The molecule has 1 aliphatic heterocycles. The smallest absolute Gasteiger partial charge is 0.264 e. The van der Waals surface area contributed by atoms with Gasteiger partial charge in [-0.15, -0.1) is 0 Å². The monoisotopic (exact) mass is 403 g/mol. The van der Waals surface area contributed by atoms with Crippen LogP contribution in [0.2, 0.25) is 0 Å². The summed E-state index contributed by atoms with van der Waals surface area (Å²) in [6.45, 7) is 1.28. The summed E-state index contributed by atoms with van der Waals surface area (Å²) >= 11 is 0. The summed E-state index contributed by atoms with van der Waals surface area (Å²) in [5.41, 5.74) is 0.433. The molecule has 2 aromatic rings. The van der Waals surface area contributed by atoms with E-state index in [4.69, 9.17) is 4.74 Å². The van der Waals surface area contributed by atoms with Crippen molar-refractivity contribution >= 4 is 21.6 Å². The average Bonchev–Trinajstić information content (AvgIpc) is 2.70. The Morgan fingerprint density at radius 3 is 2.54 bits per heavy atom. The molecule has 0 saturated heterocycles. The number of para-hydroxylation sites is 2. The van der Waals surface area contributed by atoms with Crippen LogP contribution in [0.4, 0.5) is 5.69 Å². The number of carbonyl (C=O) groups excluding carboxylic acids is 1. The summed E-state index contributed by atoms with van der Waals surface area (Å²) in [4.78, 5) is 14.8. The summed E-state index contributed by atoms with van der Waals surface area (Å²) < 4.78 is 33.4. The van der Waals surface area contributed by atoms with Crippen LogP contribution in [0.3, 0.4) is 0 Å². The number of sulfonamides is 1. The van der Waals surface area contributed by atoms with Crippen molar-refractivity contribution in [2.24, 2.45) is 0 Å². The van der Waals surface area contributed by atoms with Gasteiger partial charge in [0.25, 0.3) is 15.9 Å². The molecule has 0 aliphatic carbocycles. The molecule has 8 heteroatoms. The van der Waals surface area contributed by atoms with E-state index in [0.29, 0.717) is 18.0 Å². The number of hydrogen-bond acceptors (Lipinski definition) is 5. The predicted octanol–water partition coefficient (Wildman–Crippen LogP) is 1.71. The van der Waals surface area contributed by atoms with Crippen molar-refractivity contribution in [2.75, 3.05) is 38.0 Å². The van der Waals surface area contributed by atoms with E-state index in [1.807, 2.05) is 19.0 Å². The molecule has 1 aliphatic rings. The second kappa shape index (κ2) is 8.62. The first-order valence-electron chi connectivity index (χ1n) is 9.15. The molecule has 0 spiro atoms. The molecule has 0 radical (unpaired) electrons. The normalized spacial score (nSPS) is 16.4. The van der Waals surface area contributed by atoms with Crippen LogP contribution in [0.25, 0.3) is 0 Å². The molecule has 1 N–H and O–H groups in total. The van der Waals surface area contributed by atoms with E-state index in [1.165, 1.54) is 4.31 Å². The topological polar surface area (TPSA) is 79.0 Å². The lowest BCUT2D eigenvalue weighted by Crippen LogP contribution is -2.50. The molecule has 0 saturated carbocycles. The van der Waals surface area contributed by atoms with Crippen LogP contribution in [-0.4, -0.2) is 59.1 Å². The molecular formula is C20H25N3O4S. The van der Waals surface area contributed by atoms with Gasteiger partial charge in [0, 0.05) is 6.54 Å². The van der Waals surface area contributed by atoms with Crippen molar-refractivity contribution in [1.29, 1.82) is 0 Å². The summed E-state index contributed by atoms with van der Waals surface area (Å²) in [6, 6.07) is 15.1. The number of fused-ring (bicyclic) bond motifs is 1. The highest BCUT2D eigenvalue weighted by molar-refractivity contribution is 7.92. The van der Waals surface area contributed by atoms with E-state index in [-0.39, 0.29) is 17.3 Å². The van der Waals surface area contributed by atoms with Gasteiger partial charge in [-0.2, -0.15) is 0 Å². The van der Waals surface area contributed by atoms with E-state index in [1.54, 1.807) is 54.6 Å². The SMILES string of the molecule is CN(C)CCCNC(=O)[C@H]1CN(S(=O)(=O)c2ccccc2)c2ccccc2O1. The maximum atomic E-state index is 13.2. The Morgan fingerprint density at radius 1 is 1.14 bits per heavy atom. The number of ether oxygens (including phenoxy) is 1. The molecule has 3 rings (SSSR count). The van der Waals surface area contributed by atoms with Gasteiger partial charge in [0.05, 0.1) is 17.1 Å². The molecule has 0 bridgehead atoms. The van der Waals surface area contributed by atoms with Gasteiger partial charge in [0.2, 0.25) is 0 Å². The van der Waals surface area contributed by atoms with Crippen LogP contribution in [0, 0.1) is 0 Å². The van der Waals surface area contributed by atoms with Crippen molar-refractivity contribution < 1.29 is 17.9 Å². The van der Waals surface area contributed by atoms with Gasteiger partial charge in [-0.3, -0.25) is 9.10 Å². The molecule has 28 heavy (non-hydrogen) atoms. The lowest BCUT2D eigenvalue weighted by atomic mass is 10.2. The molecule has 2 aromatic carbocycles. The summed E-state index contributed by atoms with van der Waals surface area (Å²) in [7, 11) is 0.124. The lowest BCUT2D eigenvalue weighted by Gasteiger charge is -2.34. The van der Waals surface area contributed by atoms with Crippen LogP contribution < -0.4 is 14.4 Å². The Kier molecular flexibility index (Phi) is 6.21. The number of hydrogen-bond donors (Lipinski definition) is 1. The van der Waals surface area contributed by atoms with Gasteiger partial charge in [-0.1, -0.05) is 30.3 Å². The lowest BCUT2D eigenvalue weighted by molar-refractivity contribution is -0.127. The Balaban J connectivity index is 1.82. The standard InChI is InChI=1S/C20H25N3O4S/c1-22(2)14-8-13-21-20(24)19-15-23(17-11-6-7-12-18(17)27-19)28(25,26)16-9-4-3-5-10-16/h3-7,9-12,19H,8,13-15H2,1-2H3,(H,21,24)/t19-/m1/s1. The zero-order chi connectivity index (χ0) is 20.1. The summed E-state index contributed by atoms with van der Waals surface area (Å²) in [5.74, 6) is 0.0585. The zero-order valence-electron chi connectivity index (χ0n) is 16.0. The van der Waals surface area contributed by atoms with Crippen LogP contribution in [0.5, 0.6) is 5.75 Å². The van der Waals surface area contributed by atoms with Gasteiger partial charge < -0.3 is 15.0 Å². The largest absolute Gasteiger partial charge is 0.476 e. The Bertz CT molecular complexity index is 916. The Morgan fingerprint density at radius 2 is 1.82 bits per heavy atom. The average molecular weight is 404 g/mol. The Labute approximate surface area is 166 Å². The van der Waals surface area contributed by atoms with Crippen LogP contribution in [0.1, 0.15) is 6.42 Å². The van der Waals surface area contributed by atoms with Crippen LogP contribution >= 0.6 is 0 Å². The van der Waals surface area contributed by atoms with Crippen molar-refractivity contribution in [2.45, 2.75) is 17.4 Å². The minimum absolute atomic E-state index is 0.0756. The number of carbonyl (C=O) groups is 1. The van der Waals surface area contributed by atoms with E-state index >= 15 is 0 Å². The number of nitrogens with zero attached hydrogens (tertiary/aromatic N) is 2. The fourth-order valence-corrected chi connectivity index (χ4v) is 4.50. The highest BCUT2D eigenvalue weighted by Crippen LogP contribution is 2.36. The van der Waals surface area contributed by atoms with E-state index in [2.05, 4.69) is 5.32 Å². The second-order valence-electron chi connectivity index (χ2n) is 6.87. The quantitative estimate of drug-likeness (QED) is 0.712. The molecule has 1 amide bonds. The van der Waals surface area contributed by atoms with Crippen molar-refractivity contribution in [1.82, 2.24) is 10.2 Å². The van der Waals surface area contributed by atoms with E-state index in [0.717, 1.165) is 13.0 Å². The summed E-state index contributed by atoms with van der Waals surface area (Å²) in [5, 5.41) is 2.84. The third kappa shape index (κ3) is 4.45. The van der Waals surface area contributed by atoms with Crippen molar-refractivity contribution in [3.63, 3.8) is 0 Å². The number of amides is 1. The van der Waals surface area contributed by atoms with Gasteiger partial charge in [-0.05, 0) is 51.3 Å². The molecule has 0 fully saturated rings. The number of nitrogens with one attached hydrogen (secondary N) is 1. The second-order valence-corrected chi connectivity index (χ2v) is 8.73. The van der Waals surface area contributed by atoms with Crippen LogP contribution in [0.15, 0.2) is 59.5 Å². The van der Waals surface area contributed by atoms with E-state index < -0.39 is 16.1 Å². The third-order valence-electron chi connectivity index (χ3n) is 4.44. The maximum Gasteiger partial charge on any atom is 0.264 e. The fourth-order valence-electron chi connectivity index (χ4n) is 3.01. The first-order valence-corrected chi connectivity index (χ1v) is 10.6. The fraction of sp³-hybridized carbons (Fsp3) is 0.350. The maximum absolute atomic E-state index is 13.2. The molecule has 0 unspecified atom stereocenters. The molecule has 1 heterocycles. The predicted molar refractivity (Wildman–Crippen MR) is 108 cm³/mol. The minimum Gasteiger partial charge on any atom is -0.476 e. The number of benzene rings is 2. The highest BCUT2D eigenvalue weighted by atomic mass is 32.2. The van der Waals surface area contributed by atoms with Gasteiger partial charge in [-0.25, -0.2) is 8.42 Å². The van der Waals surface area contributed by atoms with Crippen LogP contribution in [-0.2, 0) is 14.8 Å². The number of rotatable bonds is 7. The van der Waals surface area contributed by atoms with Gasteiger partial charge in [0.1, 0.15) is 5.75 Å². The van der Waals surface area contributed by atoms with E-state index in [9.17, 15) is 13.2 Å². The van der Waals surface area contributed by atoms with Crippen molar-refractivity contribution in [3.05, 3.63) is 54.6 Å².